The van der Waals surface area contributed by atoms with Crippen molar-refractivity contribution in [3.63, 3.8) is 0 Å². The normalized spacial score (nSPS) is 12.0. The number of thioether (sulfide) groups is 1. The van der Waals surface area contributed by atoms with Crippen molar-refractivity contribution in [2.24, 2.45) is 0 Å². The quantitative estimate of drug-likeness (QED) is 0.410. The number of hydrogen-bond donors (Lipinski definition) is 1. The van der Waals surface area contributed by atoms with Crippen molar-refractivity contribution in [1.82, 2.24) is 14.8 Å². The molecule has 9 heteroatoms. The largest absolute Gasteiger partial charge is 0.461 e. The van der Waals surface area contributed by atoms with Gasteiger partial charge in [0.25, 0.3) is 0 Å². The maximum absolute atomic E-state index is 13.9. The van der Waals surface area contributed by atoms with Gasteiger partial charge < -0.3 is 9.73 Å². The third kappa shape index (κ3) is 4.83. The number of amides is 1. The van der Waals surface area contributed by atoms with Gasteiger partial charge in [0.15, 0.2) is 10.9 Å². The van der Waals surface area contributed by atoms with Crippen molar-refractivity contribution in [3.8, 4) is 11.6 Å². The first-order valence-electron chi connectivity index (χ1n) is 9.45. The van der Waals surface area contributed by atoms with Crippen LogP contribution in [0.2, 0.25) is 0 Å². The first kappa shape index (κ1) is 20.8. The highest BCUT2D eigenvalue weighted by molar-refractivity contribution is 8.00. The zero-order valence-electron chi connectivity index (χ0n) is 16.5. The molecule has 0 aliphatic rings. The lowest BCUT2D eigenvalue weighted by molar-refractivity contribution is -0.115. The van der Waals surface area contributed by atoms with Crippen LogP contribution in [0.5, 0.6) is 0 Å². The summed E-state index contributed by atoms with van der Waals surface area (Å²) in [5.41, 5.74) is 0.815. The van der Waals surface area contributed by atoms with E-state index in [1.165, 1.54) is 0 Å². The van der Waals surface area contributed by atoms with Crippen LogP contribution in [-0.4, -0.2) is 25.9 Å². The van der Waals surface area contributed by atoms with Gasteiger partial charge >= 0.3 is 0 Å². The third-order valence-electron chi connectivity index (χ3n) is 4.48. The molecule has 4 aromatic rings. The maximum Gasteiger partial charge on any atom is 0.237 e. The van der Waals surface area contributed by atoms with E-state index in [0.29, 0.717) is 23.3 Å². The Hall–Kier alpha value is -3.46. The number of rotatable bonds is 7. The summed E-state index contributed by atoms with van der Waals surface area (Å²) in [5, 5.41) is 10.7. The summed E-state index contributed by atoms with van der Waals surface area (Å²) >= 11 is 1.16. The summed E-state index contributed by atoms with van der Waals surface area (Å²) in [4.78, 5) is 12.6. The summed E-state index contributed by atoms with van der Waals surface area (Å²) in [6.45, 7) is 2.13. The lowest BCUT2D eigenvalue weighted by Gasteiger charge is -2.14. The number of carbonyl (C=O) groups excluding carboxylic acids is 1. The zero-order valence-corrected chi connectivity index (χ0v) is 17.3. The fourth-order valence-corrected chi connectivity index (χ4v) is 3.76. The highest BCUT2D eigenvalue weighted by Crippen LogP contribution is 2.29. The van der Waals surface area contributed by atoms with Crippen LogP contribution in [0.4, 0.5) is 14.5 Å². The van der Waals surface area contributed by atoms with Crippen LogP contribution in [0.15, 0.2) is 76.5 Å². The number of hydrogen-bond acceptors (Lipinski definition) is 5. The molecule has 0 aliphatic carbocycles. The first-order valence-corrected chi connectivity index (χ1v) is 10.3. The summed E-state index contributed by atoms with van der Waals surface area (Å²) in [6.07, 6.45) is 1.55. The molecule has 0 aliphatic heterocycles. The van der Waals surface area contributed by atoms with Crippen LogP contribution in [0.3, 0.4) is 0 Å². The lowest BCUT2D eigenvalue weighted by Crippen LogP contribution is -2.23. The Morgan fingerprint density at radius 3 is 2.68 bits per heavy atom. The van der Waals surface area contributed by atoms with Crippen LogP contribution < -0.4 is 5.32 Å². The van der Waals surface area contributed by atoms with Gasteiger partial charge in [-0.15, -0.1) is 10.2 Å². The molecule has 2 heterocycles. The number of halogens is 2. The average molecular weight is 440 g/mol. The van der Waals surface area contributed by atoms with E-state index in [-0.39, 0.29) is 5.69 Å². The van der Waals surface area contributed by atoms with Crippen molar-refractivity contribution in [1.29, 1.82) is 0 Å². The Balaban J connectivity index is 1.57. The molecule has 6 nitrogen and oxygen atoms in total. The molecule has 0 spiro atoms. The van der Waals surface area contributed by atoms with Gasteiger partial charge in [-0.05, 0) is 36.8 Å². The molecular weight excluding hydrogens is 422 g/mol. The second-order valence-corrected chi connectivity index (χ2v) is 8.04. The summed E-state index contributed by atoms with van der Waals surface area (Å²) < 4.78 is 34.6. The van der Waals surface area contributed by atoms with Crippen molar-refractivity contribution in [2.75, 3.05) is 5.32 Å². The van der Waals surface area contributed by atoms with Gasteiger partial charge in [0.05, 0.1) is 23.7 Å². The van der Waals surface area contributed by atoms with Gasteiger partial charge in [-0.1, -0.05) is 42.1 Å². The van der Waals surface area contributed by atoms with Crippen molar-refractivity contribution in [2.45, 2.75) is 23.9 Å². The molecule has 0 bridgehead atoms. The van der Waals surface area contributed by atoms with E-state index in [1.807, 2.05) is 34.9 Å². The van der Waals surface area contributed by atoms with Gasteiger partial charge in [-0.2, -0.15) is 0 Å². The standard InChI is InChI=1S/C22H18F2N4O2S/c1-14(21(29)25-18-12-16(23)9-10-17(18)24)31-22-27-26-20(19-8-5-11-30-19)28(22)13-15-6-3-2-4-7-15/h2-12,14H,13H2,1H3,(H,25,29). The molecule has 31 heavy (non-hydrogen) atoms. The van der Waals surface area contributed by atoms with E-state index >= 15 is 0 Å². The fourth-order valence-electron chi connectivity index (χ4n) is 2.91. The Morgan fingerprint density at radius 1 is 1.13 bits per heavy atom. The Kier molecular flexibility index (Phi) is 6.13. The van der Waals surface area contributed by atoms with Crippen molar-refractivity contribution >= 4 is 23.4 Å². The average Bonchev–Trinajstić information content (AvgIpc) is 3.42. The fraction of sp³-hybridized carbons (Fsp3) is 0.136. The van der Waals surface area contributed by atoms with E-state index in [1.54, 1.807) is 25.3 Å². The van der Waals surface area contributed by atoms with E-state index in [9.17, 15) is 13.6 Å². The molecule has 0 fully saturated rings. The summed E-state index contributed by atoms with van der Waals surface area (Å²) in [6, 6.07) is 16.2. The van der Waals surface area contributed by atoms with E-state index in [0.717, 1.165) is 35.5 Å². The molecule has 2 aromatic carbocycles. The molecule has 0 saturated heterocycles. The van der Waals surface area contributed by atoms with Crippen LogP contribution in [0.1, 0.15) is 12.5 Å². The highest BCUT2D eigenvalue weighted by Gasteiger charge is 2.23. The predicted octanol–water partition coefficient (Wildman–Crippen LogP) is 4.98. The van der Waals surface area contributed by atoms with Gasteiger partial charge in [-0.25, -0.2) is 8.78 Å². The minimum absolute atomic E-state index is 0.209. The van der Waals surface area contributed by atoms with Gasteiger partial charge in [0, 0.05) is 6.07 Å². The number of nitrogens with zero attached hydrogens (tertiary/aromatic N) is 3. The van der Waals surface area contributed by atoms with E-state index in [4.69, 9.17) is 4.42 Å². The Labute approximate surface area is 181 Å². The number of aromatic nitrogens is 3. The third-order valence-corrected chi connectivity index (χ3v) is 5.56. The summed E-state index contributed by atoms with van der Waals surface area (Å²) in [5.74, 6) is -0.750. The topological polar surface area (TPSA) is 73.0 Å². The van der Waals surface area contributed by atoms with Gasteiger partial charge in [0.2, 0.25) is 11.7 Å². The minimum atomic E-state index is -0.709. The molecule has 0 radical (unpaired) electrons. The predicted molar refractivity (Wildman–Crippen MR) is 114 cm³/mol. The number of carbonyl (C=O) groups is 1. The van der Waals surface area contributed by atoms with E-state index in [2.05, 4.69) is 15.5 Å². The molecule has 2 aromatic heterocycles. The monoisotopic (exact) mass is 440 g/mol. The maximum atomic E-state index is 13.9. The molecule has 1 atom stereocenters. The molecule has 4 rings (SSSR count). The van der Waals surface area contributed by atoms with Gasteiger partial charge in [-0.3, -0.25) is 9.36 Å². The van der Waals surface area contributed by atoms with E-state index < -0.39 is 22.8 Å². The minimum Gasteiger partial charge on any atom is -0.461 e. The number of benzene rings is 2. The van der Waals surface area contributed by atoms with Crippen LogP contribution in [-0.2, 0) is 11.3 Å². The first-order chi connectivity index (χ1) is 15.0. The van der Waals surface area contributed by atoms with Gasteiger partial charge in [0.1, 0.15) is 11.6 Å². The Bertz CT molecular complexity index is 1180. The molecule has 158 valence electrons. The zero-order chi connectivity index (χ0) is 21.8. The lowest BCUT2D eigenvalue weighted by atomic mass is 10.2. The molecule has 1 amide bonds. The molecule has 0 saturated carbocycles. The molecular formula is C22H18F2N4O2S. The van der Waals surface area contributed by atoms with Crippen molar-refractivity contribution < 1.29 is 18.0 Å². The molecule has 1 N–H and O–H groups in total. The Morgan fingerprint density at radius 2 is 1.94 bits per heavy atom. The summed E-state index contributed by atoms with van der Waals surface area (Å²) in [7, 11) is 0. The highest BCUT2D eigenvalue weighted by atomic mass is 32.2. The second kappa shape index (κ2) is 9.13. The smallest absolute Gasteiger partial charge is 0.237 e. The van der Waals surface area contributed by atoms with Crippen LogP contribution in [0.25, 0.3) is 11.6 Å². The second-order valence-electron chi connectivity index (χ2n) is 6.73. The SMILES string of the molecule is CC(Sc1nnc(-c2ccco2)n1Cc1ccccc1)C(=O)Nc1cc(F)ccc1F. The number of anilines is 1. The number of furan rings is 1. The number of nitrogens with one attached hydrogen (secondary N) is 1. The van der Waals surface area contributed by atoms with Crippen molar-refractivity contribution in [3.05, 3.63) is 84.1 Å². The van der Waals surface area contributed by atoms with Crippen LogP contribution >= 0.6 is 11.8 Å². The van der Waals surface area contributed by atoms with Crippen LogP contribution in [0, 0.1) is 11.6 Å². The molecule has 1 unspecified atom stereocenters.